The number of urea groups is 1. The van der Waals surface area contributed by atoms with Crippen molar-refractivity contribution in [2.75, 3.05) is 18.6 Å². The Kier molecular flexibility index (Phi) is 8.55. The number of aryl methyl sites for hydroxylation is 2. The summed E-state index contributed by atoms with van der Waals surface area (Å²) in [6, 6.07) is 13.9. The predicted octanol–water partition coefficient (Wildman–Crippen LogP) is 5.39. The minimum atomic E-state index is -0.916. The lowest BCUT2D eigenvalue weighted by molar-refractivity contribution is -0.122. The topological polar surface area (TPSA) is 111 Å². The molecule has 0 bridgehead atoms. The Balaban J connectivity index is 1.63. The predicted molar refractivity (Wildman–Crippen MR) is 150 cm³/mol. The number of imide groups is 2. The molecule has 0 aromatic heterocycles. The highest BCUT2D eigenvalue weighted by atomic mass is 35.5. The Labute approximate surface area is 236 Å². The van der Waals surface area contributed by atoms with Gasteiger partial charge in [-0.05, 0) is 85.5 Å². The van der Waals surface area contributed by atoms with Crippen LogP contribution in [-0.4, -0.2) is 37.5 Å². The lowest BCUT2D eigenvalue weighted by atomic mass is 10.1. The number of hydrogen-bond donors (Lipinski definition) is 1. The van der Waals surface area contributed by atoms with E-state index in [1.54, 1.807) is 19.1 Å². The second-order valence-electron chi connectivity index (χ2n) is 8.97. The average molecular weight is 563 g/mol. The van der Waals surface area contributed by atoms with Crippen LogP contribution in [0.1, 0.15) is 39.5 Å². The molecule has 10 heteroatoms. The van der Waals surface area contributed by atoms with Crippen LogP contribution in [0.5, 0.6) is 11.5 Å². The lowest BCUT2D eigenvalue weighted by Gasteiger charge is -2.26. The molecule has 3 aromatic carbocycles. The molecule has 3 aromatic rings. The van der Waals surface area contributed by atoms with Gasteiger partial charge in [0.25, 0.3) is 11.8 Å². The van der Waals surface area contributed by atoms with E-state index in [9.17, 15) is 19.2 Å². The van der Waals surface area contributed by atoms with Crippen molar-refractivity contribution in [1.29, 1.82) is 0 Å². The molecule has 0 atom stereocenters. The minimum absolute atomic E-state index is 0.164. The maximum absolute atomic E-state index is 13.3. The highest BCUT2D eigenvalue weighted by molar-refractivity contribution is 6.39. The van der Waals surface area contributed by atoms with E-state index in [-0.39, 0.29) is 28.5 Å². The van der Waals surface area contributed by atoms with Crippen molar-refractivity contribution in [3.05, 3.63) is 93.0 Å². The third-order valence-corrected chi connectivity index (χ3v) is 6.53. The van der Waals surface area contributed by atoms with Crippen molar-refractivity contribution in [2.45, 2.75) is 27.4 Å². The van der Waals surface area contributed by atoms with Gasteiger partial charge in [0.2, 0.25) is 0 Å². The number of carbonyl (C=O) groups excluding carboxylic acids is 4. The van der Waals surface area contributed by atoms with Gasteiger partial charge in [0.05, 0.1) is 30.0 Å². The zero-order valence-corrected chi connectivity index (χ0v) is 23.1. The molecular weight excluding hydrogens is 536 g/mol. The van der Waals surface area contributed by atoms with E-state index in [0.29, 0.717) is 23.7 Å². The van der Waals surface area contributed by atoms with Crippen LogP contribution in [-0.2, 0) is 20.9 Å². The van der Waals surface area contributed by atoms with Gasteiger partial charge in [-0.15, -0.1) is 0 Å². The van der Waals surface area contributed by atoms with Gasteiger partial charge in [0.15, 0.2) is 11.5 Å². The van der Waals surface area contributed by atoms with Gasteiger partial charge >= 0.3 is 12.0 Å². The summed E-state index contributed by atoms with van der Waals surface area (Å²) in [5.41, 5.74) is 3.77. The number of barbiturate groups is 1. The normalized spacial score (nSPS) is 14.3. The number of ether oxygens (including phenoxy) is 3. The van der Waals surface area contributed by atoms with Crippen LogP contribution in [0.15, 0.2) is 60.2 Å². The van der Waals surface area contributed by atoms with E-state index in [1.807, 2.05) is 32.0 Å². The van der Waals surface area contributed by atoms with Crippen LogP contribution >= 0.6 is 11.6 Å². The quantitative estimate of drug-likeness (QED) is 0.223. The summed E-state index contributed by atoms with van der Waals surface area (Å²) in [6.07, 6.45) is 1.32. The van der Waals surface area contributed by atoms with Crippen LogP contribution in [0.2, 0.25) is 5.02 Å². The molecule has 206 valence electrons. The number of halogens is 1. The molecule has 9 nitrogen and oxygen atoms in total. The number of methoxy groups -OCH3 is 1. The zero-order chi connectivity index (χ0) is 29.0. The largest absolute Gasteiger partial charge is 0.490 e. The Hall–Kier alpha value is -4.63. The number of amides is 4. The van der Waals surface area contributed by atoms with E-state index in [1.165, 1.54) is 43.0 Å². The number of esters is 1. The number of carbonyl (C=O) groups is 4. The molecule has 0 unspecified atom stereocenters. The Morgan fingerprint density at radius 3 is 2.35 bits per heavy atom. The average Bonchev–Trinajstić information content (AvgIpc) is 2.92. The Bertz CT molecular complexity index is 1530. The first-order valence-electron chi connectivity index (χ1n) is 12.4. The second-order valence-corrected chi connectivity index (χ2v) is 9.37. The third-order valence-electron chi connectivity index (χ3n) is 6.25. The molecule has 4 rings (SSSR count). The molecule has 1 N–H and O–H groups in total. The van der Waals surface area contributed by atoms with Gasteiger partial charge in [-0.3, -0.25) is 14.9 Å². The van der Waals surface area contributed by atoms with Gasteiger partial charge in [0.1, 0.15) is 12.2 Å². The molecule has 0 saturated carbocycles. The molecule has 1 heterocycles. The second kappa shape index (κ2) is 12.0. The number of benzene rings is 3. The van der Waals surface area contributed by atoms with Crippen molar-refractivity contribution in [2.24, 2.45) is 0 Å². The van der Waals surface area contributed by atoms with Crippen LogP contribution in [0, 0.1) is 13.8 Å². The Morgan fingerprint density at radius 1 is 0.975 bits per heavy atom. The van der Waals surface area contributed by atoms with Gasteiger partial charge in [-0.2, -0.15) is 0 Å². The number of nitrogens with one attached hydrogen (secondary N) is 1. The highest BCUT2D eigenvalue weighted by Gasteiger charge is 2.37. The van der Waals surface area contributed by atoms with Crippen LogP contribution in [0.4, 0.5) is 10.5 Å². The summed E-state index contributed by atoms with van der Waals surface area (Å²) in [7, 11) is 1.24. The molecule has 0 aliphatic carbocycles. The molecule has 1 aliphatic rings. The fraction of sp³-hybridized carbons (Fsp3) is 0.200. The first kappa shape index (κ1) is 28.4. The number of hydrogen-bond acceptors (Lipinski definition) is 7. The van der Waals surface area contributed by atoms with Crippen LogP contribution in [0.25, 0.3) is 6.08 Å². The smallest absolute Gasteiger partial charge is 0.337 e. The Morgan fingerprint density at radius 2 is 1.70 bits per heavy atom. The SMILES string of the molecule is CCOc1cc(/C=C2\C(=O)NC(=O)N(c3ccc(C(=O)OC)cc3)C2=O)cc(Cl)c1OCc1ccc(C)c(C)c1. The molecule has 1 fully saturated rings. The maximum Gasteiger partial charge on any atom is 0.337 e. The van der Waals surface area contributed by atoms with Crippen LogP contribution < -0.4 is 19.7 Å². The first-order valence-corrected chi connectivity index (χ1v) is 12.8. The number of anilines is 1. The lowest BCUT2D eigenvalue weighted by Crippen LogP contribution is -2.54. The van der Waals surface area contributed by atoms with Crippen molar-refractivity contribution >= 4 is 47.2 Å². The highest BCUT2D eigenvalue weighted by Crippen LogP contribution is 2.38. The summed E-state index contributed by atoms with van der Waals surface area (Å²) < 4.78 is 16.4. The molecule has 0 spiro atoms. The van der Waals surface area contributed by atoms with Crippen molar-refractivity contribution in [3.63, 3.8) is 0 Å². The standard InChI is InChI=1S/C30H27ClN2O7/c1-5-39-25-15-20(14-24(31)26(25)40-16-19-7-6-17(2)18(3)12-19)13-23-27(34)32-30(37)33(28(23)35)22-10-8-21(9-11-22)29(36)38-4/h6-15H,5,16H2,1-4H3,(H,32,34,37)/b23-13+. The van der Waals surface area contributed by atoms with E-state index in [0.717, 1.165) is 16.0 Å². The van der Waals surface area contributed by atoms with Crippen molar-refractivity contribution < 1.29 is 33.4 Å². The molecular formula is C30H27ClN2O7. The van der Waals surface area contributed by atoms with E-state index < -0.39 is 23.8 Å². The zero-order valence-electron chi connectivity index (χ0n) is 22.4. The van der Waals surface area contributed by atoms with Crippen LogP contribution in [0.3, 0.4) is 0 Å². The molecule has 40 heavy (non-hydrogen) atoms. The summed E-state index contributed by atoms with van der Waals surface area (Å²) in [5, 5.41) is 2.39. The summed E-state index contributed by atoms with van der Waals surface area (Å²) >= 11 is 6.56. The number of nitrogens with zero attached hydrogens (tertiary/aromatic N) is 1. The molecule has 1 aliphatic heterocycles. The first-order chi connectivity index (χ1) is 19.1. The van der Waals surface area contributed by atoms with Crippen molar-refractivity contribution in [1.82, 2.24) is 5.32 Å². The molecule has 4 amide bonds. The summed E-state index contributed by atoms with van der Waals surface area (Å²) in [5.74, 6) is -1.61. The van der Waals surface area contributed by atoms with Gasteiger partial charge in [-0.1, -0.05) is 29.8 Å². The summed E-state index contributed by atoms with van der Waals surface area (Å²) in [4.78, 5) is 51.0. The van der Waals surface area contributed by atoms with Gasteiger partial charge in [0, 0.05) is 0 Å². The third kappa shape index (κ3) is 6.00. The van der Waals surface area contributed by atoms with E-state index in [2.05, 4.69) is 10.1 Å². The van der Waals surface area contributed by atoms with E-state index in [4.69, 9.17) is 21.1 Å². The minimum Gasteiger partial charge on any atom is -0.490 e. The van der Waals surface area contributed by atoms with Gasteiger partial charge < -0.3 is 14.2 Å². The van der Waals surface area contributed by atoms with Gasteiger partial charge in [-0.25, -0.2) is 14.5 Å². The van der Waals surface area contributed by atoms with E-state index >= 15 is 0 Å². The summed E-state index contributed by atoms with van der Waals surface area (Å²) in [6.45, 7) is 6.44. The fourth-order valence-corrected chi connectivity index (χ4v) is 4.32. The number of rotatable bonds is 8. The fourth-order valence-electron chi connectivity index (χ4n) is 4.05. The van der Waals surface area contributed by atoms with Crippen molar-refractivity contribution in [3.8, 4) is 11.5 Å². The molecule has 0 radical (unpaired) electrons. The maximum atomic E-state index is 13.3. The molecule has 1 saturated heterocycles. The monoisotopic (exact) mass is 562 g/mol.